The Morgan fingerprint density at radius 3 is 1.45 bits per heavy atom. The van der Waals surface area contributed by atoms with E-state index in [2.05, 4.69) is 12.5 Å². The summed E-state index contributed by atoms with van der Waals surface area (Å²) in [5, 5.41) is 96.8. The summed E-state index contributed by atoms with van der Waals surface area (Å²) in [5.41, 5.74) is 0. The summed E-state index contributed by atoms with van der Waals surface area (Å²) in [4.78, 5) is 36.1. The van der Waals surface area contributed by atoms with Crippen LogP contribution in [-0.2, 0) is 102 Å². The molecule has 0 saturated carbocycles. The number of aliphatic hydroxyl groups excluding tert-OH is 7. The molecule has 40 heteroatoms. The van der Waals surface area contributed by atoms with Crippen LogP contribution in [-0.4, -0.2) is 252 Å². The van der Waals surface area contributed by atoms with Gasteiger partial charge < -0.3 is 84.4 Å². The van der Waals surface area contributed by atoms with Crippen molar-refractivity contribution in [3.8, 4) is 0 Å². The lowest BCUT2D eigenvalue weighted by atomic mass is 9.94. The van der Waals surface area contributed by atoms with Crippen LogP contribution in [0.15, 0.2) is 0 Å². The minimum Gasteiger partial charge on any atom is -0.479 e. The third kappa shape index (κ3) is 14.7. The lowest BCUT2D eigenvalue weighted by Gasteiger charge is -2.49. The normalized spacial score (nSPS) is 40.6. The predicted molar refractivity (Wildman–Crippen MR) is 190 cm³/mol. The highest BCUT2D eigenvalue weighted by Gasteiger charge is 2.59. The molecule has 4 heterocycles. The topological polar surface area (TPSA) is 567 Å². The van der Waals surface area contributed by atoms with Gasteiger partial charge in [0.15, 0.2) is 43.5 Å². The number of carboxylic acid groups (broad SMARTS) is 2. The Morgan fingerprint density at radius 2 is 0.985 bits per heavy atom. The summed E-state index contributed by atoms with van der Waals surface area (Å²) < 4.78 is 183. The van der Waals surface area contributed by atoms with Gasteiger partial charge in [0.1, 0.15) is 79.2 Å². The fourth-order valence-electron chi connectivity index (χ4n) is 6.73. The van der Waals surface area contributed by atoms with Crippen molar-refractivity contribution in [3.05, 3.63) is 0 Å². The molecule has 66 heavy (non-hydrogen) atoms. The molecule has 4 aliphatic rings. The second-order valence-electron chi connectivity index (χ2n) is 14.1. The molecular weight excluding hydrogens is 1010 g/mol. The van der Waals surface area contributed by atoms with E-state index in [-0.39, 0.29) is 0 Å². The lowest BCUT2D eigenvalue weighted by molar-refractivity contribution is -0.368. The standard InChI is InChI=1S/C26H42N2O34S4/c1-4(29)27-7-9(30)15(5(55-23(7)40)2-53-64(44,45)46)58-26-19(62-66(50,51)52)14(35)17(20(61-26)22(38)39)59-24-8(28-63(41,42)43)10(31)16(6(56-24)3-54-65(47,48)49)57-25-13(34)11(32)12(33)18(60-25)21(36)37/h5-20,23-26,28,30-35,40H,2-3H2,1H3,(H,27,29)(H,36,37)(H,38,39)(H,41,42,43)(H,44,45,46)(H,47,48,49)(H,50,51,52)/t5-,6-,7-,8-,9-,10-,11-,12-,13+,14-,15-,16-,17-,18+,19+,20+,23-,24+,25+,26+/m1/s1. The molecule has 384 valence electrons. The number of hydrogen-bond donors (Lipinski definition) is 15. The Hall–Kier alpha value is -2.67. The first-order chi connectivity index (χ1) is 30.1. The van der Waals surface area contributed by atoms with Crippen molar-refractivity contribution in [1.29, 1.82) is 0 Å². The van der Waals surface area contributed by atoms with Crippen LogP contribution in [0.4, 0.5) is 0 Å². The van der Waals surface area contributed by atoms with E-state index in [1.165, 1.54) is 4.72 Å². The average Bonchev–Trinajstić information content (AvgIpc) is 3.15. The summed E-state index contributed by atoms with van der Waals surface area (Å²) in [5.74, 6) is -5.22. The number of nitrogens with one attached hydrogen (secondary N) is 2. The number of carbonyl (C=O) groups is 3. The highest BCUT2D eigenvalue weighted by Crippen LogP contribution is 2.36. The molecule has 0 aromatic heterocycles. The van der Waals surface area contributed by atoms with E-state index < -0.39 is 195 Å². The molecule has 4 aliphatic heterocycles. The quantitative estimate of drug-likeness (QED) is 0.0534. The first kappa shape index (κ1) is 55.9. The number of aliphatic hydroxyl groups is 7. The van der Waals surface area contributed by atoms with Crippen molar-refractivity contribution in [3.63, 3.8) is 0 Å². The van der Waals surface area contributed by atoms with Crippen LogP contribution in [0.5, 0.6) is 0 Å². The molecule has 4 fully saturated rings. The molecule has 0 spiro atoms. The zero-order chi connectivity index (χ0) is 50.2. The van der Waals surface area contributed by atoms with E-state index in [0.717, 1.165) is 6.92 Å². The van der Waals surface area contributed by atoms with Gasteiger partial charge in [0, 0.05) is 6.92 Å². The van der Waals surface area contributed by atoms with Crippen LogP contribution in [0, 0.1) is 0 Å². The molecule has 0 radical (unpaired) electrons. The fraction of sp³-hybridized carbons (Fsp3) is 0.885. The van der Waals surface area contributed by atoms with Gasteiger partial charge >= 0.3 is 53.4 Å². The zero-order valence-corrected chi connectivity index (χ0v) is 35.7. The highest BCUT2D eigenvalue weighted by atomic mass is 32.3. The van der Waals surface area contributed by atoms with Crippen molar-refractivity contribution in [2.24, 2.45) is 0 Å². The van der Waals surface area contributed by atoms with Crippen LogP contribution >= 0.6 is 0 Å². The summed E-state index contributed by atoms with van der Waals surface area (Å²) in [7, 11) is -22.5. The molecule has 1 amide bonds. The number of carboxylic acids is 2. The molecule has 0 unspecified atom stereocenters. The highest BCUT2D eigenvalue weighted by molar-refractivity contribution is 7.83. The van der Waals surface area contributed by atoms with E-state index in [0.29, 0.717) is 0 Å². The zero-order valence-electron chi connectivity index (χ0n) is 32.5. The Kier molecular flexibility index (Phi) is 18.3. The molecule has 15 N–H and O–H groups in total. The van der Waals surface area contributed by atoms with E-state index in [9.17, 15) is 108 Å². The van der Waals surface area contributed by atoms with Gasteiger partial charge in [0.25, 0.3) is 0 Å². The first-order valence-corrected chi connectivity index (χ1v) is 23.3. The van der Waals surface area contributed by atoms with Crippen LogP contribution in [0.1, 0.15) is 6.92 Å². The molecule has 4 rings (SSSR count). The monoisotopic (exact) mass is 1050 g/mol. The van der Waals surface area contributed by atoms with Crippen molar-refractivity contribution in [2.75, 3.05) is 13.2 Å². The van der Waals surface area contributed by atoms with E-state index >= 15 is 0 Å². The van der Waals surface area contributed by atoms with Gasteiger partial charge in [0.05, 0.1) is 13.2 Å². The van der Waals surface area contributed by atoms with Crippen LogP contribution in [0.3, 0.4) is 0 Å². The Bertz CT molecular complexity index is 2180. The van der Waals surface area contributed by atoms with Crippen molar-refractivity contribution < 1.29 is 158 Å². The SMILES string of the molecule is CC(=O)N[C@@H]1[C@@H](O)[C@H](O[C@H]2O[C@H](C(=O)O)[C@H](O[C@@H]3O[C@H](COS(=O)(=O)O)[C@@H](O[C@H]4O[C@H](C(=O)O)[C@H](O)[C@@H](O)[C@@H]4O)[C@H](O)[C@H]3NS(=O)(=O)O)[C@@H](O)[C@@H]2OS(=O)(=O)O)[C@@H](COS(=O)(=O)O)O[C@H]1O. The second-order valence-corrected chi connectivity index (χ2v) is 18.6. The molecule has 36 nitrogen and oxygen atoms in total. The van der Waals surface area contributed by atoms with Crippen molar-refractivity contribution in [1.82, 2.24) is 10.0 Å². The van der Waals surface area contributed by atoms with E-state index in [4.69, 9.17) is 37.7 Å². The Balaban J connectivity index is 1.77. The number of amides is 1. The average molecular weight is 1050 g/mol. The summed E-state index contributed by atoms with van der Waals surface area (Å²) >= 11 is 0. The minimum atomic E-state index is -5.90. The number of aliphatic carboxylic acids is 2. The Morgan fingerprint density at radius 1 is 0.515 bits per heavy atom. The molecule has 0 aliphatic carbocycles. The van der Waals surface area contributed by atoms with E-state index in [1.54, 1.807) is 0 Å². The van der Waals surface area contributed by atoms with Gasteiger partial charge in [-0.1, -0.05) is 0 Å². The molecule has 20 atom stereocenters. The molecular formula is C26H42N2O34S4. The van der Waals surface area contributed by atoms with Crippen molar-refractivity contribution in [2.45, 2.75) is 130 Å². The maximum absolute atomic E-state index is 12.7. The fourth-order valence-corrected chi connectivity index (χ4v) is 8.42. The van der Waals surface area contributed by atoms with Crippen LogP contribution in [0.25, 0.3) is 0 Å². The maximum Gasteiger partial charge on any atom is 0.397 e. The summed E-state index contributed by atoms with van der Waals surface area (Å²) in [6, 6.07) is -4.61. The molecule has 0 bridgehead atoms. The number of hydrogen-bond acceptors (Lipinski definition) is 28. The number of rotatable bonds is 19. The lowest BCUT2D eigenvalue weighted by Crippen LogP contribution is -2.70. The largest absolute Gasteiger partial charge is 0.479 e. The number of ether oxygens (including phenoxy) is 7. The number of carbonyl (C=O) groups excluding carboxylic acids is 1. The summed E-state index contributed by atoms with van der Waals surface area (Å²) in [6.07, 6.45) is -46.0. The van der Waals surface area contributed by atoms with Gasteiger partial charge in [-0.25, -0.2) is 22.1 Å². The van der Waals surface area contributed by atoms with Crippen LogP contribution < -0.4 is 10.0 Å². The summed E-state index contributed by atoms with van der Waals surface area (Å²) in [6.45, 7) is -2.13. The second kappa shape index (κ2) is 21.5. The van der Waals surface area contributed by atoms with Crippen molar-refractivity contribution >= 4 is 59.3 Å². The smallest absolute Gasteiger partial charge is 0.397 e. The Labute approximate surface area is 369 Å². The van der Waals surface area contributed by atoms with Crippen LogP contribution in [0.2, 0.25) is 0 Å². The van der Waals surface area contributed by atoms with Gasteiger partial charge in [-0.15, -0.1) is 0 Å². The van der Waals surface area contributed by atoms with Gasteiger partial charge in [-0.2, -0.15) is 38.4 Å². The third-order valence-electron chi connectivity index (χ3n) is 9.47. The van der Waals surface area contributed by atoms with Gasteiger partial charge in [-0.05, 0) is 0 Å². The van der Waals surface area contributed by atoms with Gasteiger partial charge in [0.2, 0.25) is 5.91 Å². The maximum atomic E-state index is 12.7. The van der Waals surface area contributed by atoms with E-state index in [1.807, 2.05) is 5.32 Å². The molecule has 0 aromatic carbocycles. The molecule has 4 saturated heterocycles. The third-order valence-corrected chi connectivity index (χ3v) is 11.4. The van der Waals surface area contributed by atoms with Gasteiger partial charge in [-0.3, -0.25) is 23.0 Å². The minimum absolute atomic E-state index is 0.863. The molecule has 0 aromatic rings. The predicted octanol–water partition coefficient (Wildman–Crippen LogP) is -10.5. The first-order valence-electron chi connectivity index (χ1n) is 17.8.